The minimum Gasteiger partial charge on any atom is -0.453 e. The standard InChI is InChI=1S/C42H28N2O/c1-3-10-29(11-4-1)31-18-22-33(23-19-31)43(34-24-20-32(21-25-34)30-12-5-2-6-13-30)35-26-27-39-41(28-35)45-40-17-9-15-37-36-14-7-8-16-38(36)44(39)42(37)40/h1-28H. The van der Waals surface area contributed by atoms with Gasteiger partial charge in [-0.15, -0.1) is 0 Å². The minimum atomic E-state index is 0.834. The summed E-state index contributed by atoms with van der Waals surface area (Å²) in [7, 11) is 0. The quantitative estimate of drug-likeness (QED) is 0.203. The molecule has 0 fully saturated rings. The molecule has 0 bridgehead atoms. The fourth-order valence-electron chi connectivity index (χ4n) is 6.66. The Hall–Kier alpha value is -6.06. The predicted molar refractivity (Wildman–Crippen MR) is 186 cm³/mol. The second-order valence-electron chi connectivity index (χ2n) is 11.4. The van der Waals surface area contributed by atoms with Gasteiger partial charge in [0.1, 0.15) is 0 Å². The lowest BCUT2D eigenvalue weighted by Crippen LogP contribution is -2.11. The Bertz CT molecular complexity index is 2240. The topological polar surface area (TPSA) is 17.4 Å². The van der Waals surface area contributed by atoms with Gasteiger partial charge in [0.05, 0.1) is 16.7 Å². The Morgan fingerprint density at radius 1 is 0.400 bits per heavy atom. The zero-order valence-electron chi connectivity index (χ0n) is 24.5. The monoisotopic (exact) mass is 576 g/mol. The Kier molecular flexibility index (Phi) is 5.82. The lowest BCUT2D eigenvalue weighted by molar-refractivity contribution is 0.476. The SMILES string of the molecule is c1ccc(-c2ccc(N(c3ccc(-c4ccccc4)cc3)c3ccc4c(c3)Oc3cccc5c6ccccc6n-4c35)cc2)cc1. The van der Waals surface area contributed by atoms with E-state index in [1.807, 2.05) is 0 Å². The maximum Gasteiger partial charge on any atom is 0.153 e. The second kappa shape index (κ2) is 10.3. The Morgan fingerprint density at radius 3 is 1.58 bits per heavy atom. The number of fused-ring (bicyclic) bond motifs is 5. The number of para-hydroxylation sites is 2. The molecule has 0 unspecified atom stereocenters. The van der Waals surface area contributed by atoms with E-state index in [-0.39, 0.29) is 0 Å². The molecule has 8 aromatic rings. The van der Waals surface area contributed by atoms with Gasteiger partial charge in [-0.3, -0.25) is 0 Å². The molecule has 0 spiro atoms. The maximum atomic E-state index is 6.65. The molecule has 0 N–H and O–H groups in total. The van der Waals surface area contributed by atoms with E-state index in [4.69, 9.17) is 4.74 Å². The third kappa shape index (κ3) is 4.21. The Morgan fingerprint density at radius 2 is 0.933 bits per heavy atom. The molecule has 45 heavy (non-hydrogen) atoms. The van der Waals surface area contributed by atoms with Gasteiger partial charge in [0.15, 0.2) is 11.5 Å². The minimum absolute atomic E-state index is 0.834. The van der Waals surface area contributed by atoms with Crippen LogP contribution < -0.4 is 9.64 Å². The van der Waals surface area contributed by atoms with Gasteiger partial charge in [0, 0.05) is 33.9 Å². The van der Waals surface area contributed by atoms with Gasteiger partial charge in [-0.05, 0) is 70.8 Å². The van der Waals surface area contributed by atoms with Crippen molar-refractivity contribution in [3.05, 3.63) is 170 Å². The molecule has 0 radical (unpaired) electrons. The van der Waals surface area contributed by atoms with Gasteiger partial charge in [0.2, 0.25) is 0 Å². The molecule has 2 heterocycles. The first-order valence-electron chi connectivity index (χ1n) is 15.3. The van der Waals surface area contributed by atoms with Crippen molar-refractivity contribution in [2.75, 3.05) is 4.90 Å². The predicted octanol–water partition coefficient (Wildman–Crippen LogP) is 11.7. The number of rotatable bonds is 5. The maximum absolute atomic E-state index is 6.65. The number of aromatic nitrogens is 1. The molecule has 0 atom stereocenters. The fraction of sp³-hybridized carbons (Fsp3) is 0. The summed E-state index contributed by atoms with van der Waals surface area (Å²) in [5, 5.41) is 2.44. The highest BCUT2D eigenvalue weighted by atomic mass is 16.5. The van der Waals surface area contributed by atoms with Crippen LogP contribution in [0.4, 0.5) is 17.1 Å². The molecule has 212 valence electrons. The van der Waals surface area contributed by atoms with E-state index in [0.29, 0.717) is 0 Å². The van der Waals surface area contributed by atoms with Gasteiger partial charge in [-0.2, -0.15) is 0 Å². The van der Waals surface area contributed by atoms with E-state index in [1.54, 1.807) is 0 Å². The van der Waals surface area contributed by atoms with Crippen LogP contribution in [-0.2, 0) is 0 Å². The van der Waals surface area contributed by atoms with E-state index in [9.17, 15) is 0 Å². The number of ether oxygens (including phenoxy) is 1. The average molecular weight is 577 g/mol. The number of benzene rings is 7. The molecule has 0 saturated heterocycles. The number of nitrogens with zero attached hydrogens (tertiary/aromatic N) is 2. The molecule has 0 aliphatic carbocycles. The van der Waals surface area contributed by atoms with Crippen LogP contribution in [0.25, 0.3) is 49.7 Å². The molecule has 0 saturated carbocycles. The molecule has 9 rings (SSSR count). The summed E-state index contributed by atoms with van der Waals surface area (Å²) in [5.41, 5.74) is 11.3. The van der Waals surface area contributed by atoms with Crippen LogP contribution in [0.3, 0.4) is 0 Å². The summed E-state index contributed by atoms with van der Waals surface area (Å²) in [6, 6.07) is 60.1. The third-order valence-electron chi connectivity index (χ3n) is 8.79. The van der Waals surface area contributed by atoms with Crippen molar-refractivity contribution < 1.29 is 4.74 Å². The molecule has 1 aliphatic heterocycles. The molecular formula is C42H28N2O. The molecule has 7 aromatic carbocycles. The van der Waals surface area contributed by atoms with Crippen molar-refractivity contribution in [1.82, 2.24) is 4.57 Å². The van der Waals surface area contributed by atoms with Crippen molar-refractivity contribution in [2.24, 2.45) is 0 Å². The lowest BCUT2D eigenvalue weighted by atomic mass is 10.0. The van der Waals surface area contributed by atoms with Crippen LogP contribution in [-0.4, -0.2) is 4.57 Å². The van der Waals surface area contributed by atoms with Gasteiger partial charge in [0.25, 0.3) is 0 Å². The largest absolute Gasteiger partial charge is 0.453 e. The van der Waals surface area contributed by atoms with E-state index in [0.717, 1.165) is 39.8 Å². The first-order valence-corrected chi connectivity index (χ1v) is 15.3. The smallest absolute Gasteiger partial charge is 0.153 e. The zero-order valence-corrected chi connectivity index (χ0v) is 24.5. The normalized spacial score (nSPS) is 11.7. The van der Waals surface area contributed by atoms with Crippen molar-refractivity contribution in [3.8, 4) is 39.4 Å². The summed E-state index contributed by atoms with van der Waals surface area (Å²) in [6.07, 6.45) is 0. The van der Waals surface area contributed by atoms with Gasteiger partial charge in [-0.25, -0.2) is 0 Å². The van der Waals surface area contributed by atoms with E-state index < -0.39 is 0 Å². The number of hydrogen-bond donors (Lipinski definition) is 0. The van der Waals surface area contributed by atoms with Crippen LogP contribution in [0.2, 0.25) is 0 Å². The van der Waals surface area contributed by atoms with Crippen LogP contribution in [0, 0.1) is 0 Å². The highest BCUT2D eigenvalue weighted by Crippen LogP contribution is 2.47. The summed E-state index contributed by atoms with van der Waals surface area (Å²) < 4.78 is 8.99. The van der Waals surface area contributed by atoms with E-state index in [1.165, 1.54) is 38.5 Å². The van der Waals surface area contributed by atoms with Gasteiger partial charge >= 0.3 is 0 Å². The van der Waals surface area contributed by atoms with Crippen LogP contribution in [0.5, 0.6) is 11.5 Å². The lowest BCUT2D eigenvalue weighted by Gasteiger charge is -2.28. The summed E-state index contributed by atoms with van der Waals surface area (Å²) in [5.74, 6) is 1.71. The highest BCUT2D eigenvalue weighted by molar-refractivity contribution is 6.12. The van der Waals surface area contributed by atoms with E-state index in [2.05, 4.69) is 179 Å². The Balaban J connectivity index is 1.18. The van der Waals surface area contributed by atoms with Crippen LogP contribution in [0.15, 0.2) is 170 Å². The summed E-state index contributed by atoms with van der Waals surface area (Å²) in [6.45, 7) is 0. The van der Waals surface area contributed by atoms with Crippen LogP contribution >= 0.6 is 0 Å². The third-order valence-corrected chi connectivity index (χ3v) is 8.79. The van der Waals surface area contributed by atoms with Gasteiger partial charge < -0.3 is 14.2 Å². The molecule has 3 heteroatoms. The molecule has 1 aromatic heterocycles. The average Bonchev–Trinajstić information content (AvgIpc) is 3.46. The van der Waals surface area contributed by atoms with Gasteiger partial charge in [-0.1, -0.05) is 115 Å². The Labute approximate surface area is 261 Å². The van der Waals surface area contributed by atoms with Crippen molar-refractivity contribution in [3.63, 3.8) is 0 Å². The second-order valence-corrected chi connectivity index (χ2v) is 11.4. The van der Waals surface area contributed by atoms with E-state index >= 15 is 0 Å². The van der Waals surface area contributed by atoms with Crippen molar-refractivity contribution in [1.29, 1.82) is 0 Å². The first kappa shape index (κ1) is 25.4. The molecule has 3 nitrogen and oxygen atoms in total. The number of anilines is 3. The summed E-state index contributed by atoms with van der Waals surface area (Å²) >= 11 is 0. The molecule has 1 aliphatic rings. The highest BCUT2D eigenvalue weighted by Gasteiger charge is 2.25. The number of hydrogen-bond acceptors (Lipinski definition) is 2. The van der Waals surface area contributed by atoms with Crippen molar-refractivity contribution in [2.45, 2.75) is 0 Å². The van der Waals surface area contributed by atoms with Crippen molar-refractivity contribution >= 4 is 38.9 Å². The first-order chi connectivity index (χ1) is 22.3. The fourth-order valence-corrected chi connectivity index (χ4v) is 6.66. The zero-order chi connectivity index (χ0) is 29.7. The summed E-state index contributed by atoms with van der Waals surface area (Å²) in [4.78, 5) is 2.30. The molecule has 0 amide bonds. The molecular weight excluding hydrogens is 548 g/mol. The van der Waals surface area contributed by atoms with Crippen LogP contribution in [0.1, 0.15) is 0 Å².